The lowest BCUT2D eigenvalue weighted by Crippen LogP contribution is -2.46. The fourth-order valence-electron chi connectivity index (χ4n) is 3.21. The Kier molecular flexibility index (Phi) is 7.11. The van der Waals surface area contributed by atoms with Crippen LogP contribution >= 0.6 is 11.3 Å². The van der Waals surface area contributed by atoms with Gasteiger partial charge in [-0.1, -0.05) is 23.5 Å². The van der Waals surface area contributed by atoms with Gasteiger partial charge in [0, 0.05) is 39.8 Å². The van der Waals surface area contributed by atoms with Gasteiger partial charge in [0.05, 0.1) is 24.6 Å². The number of hydrogen-bond donors (Lipinski definition) is 1. The summed E-state index contributed by atoms with van der Waals surface area (Å²) >= 11 is 1.46. The number of anilines is 2. The molecule has 1 saturated heterocycles. The Hall–Kier alpha value is -2.32. The smallest absolute Gasteiger partial charge is 0.263 e. The Morgan fingerprint density at radius 2 is 1.93 bits per heavy atom. The maximum atomic E-state index is 12.3. The summed E-state index contributed by atoms with van der Waals surface area (Å²) in [4.78, 5) is 22.3. The maximum Gasteiger partial charge on any atom is 0.263 e. The van der Waals surface area contributed by atoms with Gasteiger partial charge in [-0.2, -0.15) is 0 Å². The van der Waals surface area contributed by atoms with Crippen molar-refractivity contribution in [2.45, 2.75) is 13.8 Å². The van der Waals surface area contributed by atoms with Crippen molar-refractivity contribution in [3.8, 4) is 5.75 Å². The highest BCUT2D eigenvalue weighted by Gasteiger charge is 2.24. The molecule has 0 unspecified atom stereocenters. The average molecular weight is 405 g/mol. The van der Waals surface area contributed by atoms with Gasteiger partial charge in [0.2, 0.25) is 0 Å². The van der Waals surface area contributed by atoms with Crippen LogP contribution in [0.1, 0.15) is 22.3 Å². The number of amides is 1. The zero-order valence-corrected chi connectivity index (χ0v) is 17.6. The van der Waals surface area contributed by atoms with E-state index in [9.17, 15) is 4.79 Å². The van der Waals surface area contributed by atoms with Gasteiger partial charge in [-0.15, -0.1) is 0 Å². The highest BCUT2D eigenvalue weighted by Crippen LogP contribution is 2.31. The van der Waals surface area contributed by atoms with Gasteiger partial charge in [-0.3, -0.25) is 4.79 Å². The standard InChI is InChI=1S/C20H28N4O3S/c1-4-27-17-8-6-5-7-16(17)23-10-12-24(13-11-23)20-22-15(2)18(28-20)19(25)21-9-14-26-3/h5-8H,4,9-14H2,1-3H3,(H,21,25). The molecule has 1 fully saturated rings. The molecule has 152 valence electrons. The van der Waals surface area contributed by atoms with Gasteiger partial charge in [0.15, 0.2) is 5.13 Å². The molecule has 1 aliphatic rings. The van der Waals surface area contributed by atoms with E-state index < -0.39 is 0 Å². The minimum absolute atomic E-state index is 0.0809. The first-order chi connectivity index (χ1) is 13.6. The molecule has 8 heteroatoms. The third-order valence-corrected chi connectivity index (χ3v) is 5.86. The van der Waals surface area contributed by atoms with E-state index in [-0.39, 0.29) is 5.91 Å². The number of ether oxygens (including phenoxy) is 2. The van der Waals surface area contributed by atoms with Crippen LogP contribution in [0.3, 0.4) is 0 Å². The van der Waals surface area contributed by atoms with Crippen molar-refractivity contribution in [3.63, 3.8) is 0 Å². The molecule has 1 aromatic carbocycles. The Bertz CT molecular complexity index is 788. The number of thiazole rings is 1. The lowest BCUT2D eigenvalue weighted by atomic mass is 10.2. The molecule has 0 aliphatic carbocycles. The molecule has 0 atom stereocenters. The molecule has 0 saturated carbocycles. The van der Waals surface area contributed by atoms with Crippen LogP contribution in [-0.2, 0) is 4.74 Å². The van der Waals surface area contributed by atoms with Crippen molar-refractivity contribution >= 4 is 28.1 Å². The Labute approximate surface area is 170 Å². The van der Waals surface area contributed by atoms with Crippen LogP contribution in [0.4, 0.5) is 10.8 Å². The third-order valence-electron chi connectivity index (χ3n) is 4.64. The van der Waals surface area contributed by atoms with Gasteiger partial charge in [0.1, 0.15) is 10.6 Å². The Morgan fingerprint density at radius 1 is 1.21 bits per heavy atom. The summed E-state index contributed by atoms with van der Waals surface area (Å²) in [6, 6.07) is 8.17. The molecule has 1 N–H and O–H groups in total. The van der Waals surface area contributed by atoms with Gasteiger partial charge < -0.3 is 24.6 Å². The summed E-state index contributed by atoms with van der Waals surface area (Å²) in [6.45, 7) is 9.04. The average Bonchev–Trinajstić information content (AvgIpc) is 3.11. The van der Waals surface area contributed by atoms with Gasteiger partial charge in [-0.05, 0) is 26.0 Å². The first-order valence-electron chi connectivity index (χ1n) is 9.60. The molecule has 2 aromatic rings. The number of methoxy groups -OCH3 is 1. The van der Waals surface area contributed by atoms with Crippen LogP contribution in [0.15, 0.2) is 24.3 Å². The largest absolute Gasteiger partial charge is 0.492 e. The van der Waals surface area contributed by atoms with E-state index in [0.717, 1.165) is 48.4 Å². The highest BCUT2D eigenvalue weighted by atomic mass is 32.1. The van der Waals surface area contributed by atoms with Crippen LogP contribution in [0.5, 0.6) is 5.75 Å². The number of carbonyl (C=O) groups excluding carboxylic acids is 1. The van der Waals surface area contributed by atoms with Crippen LogP contribution in [0.2, 0.25) is 0 Å². The summed E-state index contributed by atoms with van der Waals surface area (Å²) < 4.78 is 10.7. The first-order valence-corrected chi connectivity index (χ1v) is 10.4. The number of benzene rings is 1. The summed E-state index contributed by atoms with van der Waals surface area (Å²) in [5.41, 5.74) is 1.91. The van der Waals surface area contributed by atoms with E-state index in [4.69, 9.17) is 9.47 Å². The van der Waals surface area contributed by atoms with Crippen molar-refractivity contribution in [1.29, 1.82) is 0 Å². The second-order valence-corrected chi connectivity index (χ2v) is 7.51. The molecule has 2 heterocycles. The van der Waals surface area contributed by atoms with E-state index in [1.807, 2.05) is 32.0 Å². The maximum absolute atomic E-state index is 12.3. The lowest BCUT2D eigenvalue weighted by Gasteiger charge is -2.36. The van der Waals surface area contributed by atoms with Crippen molar-refractivity contribution in [1.82, 2.24) is 10.3 Å². The van der Waals surface area contributed by atoms with E-state index in [0.29, 0.717) is 24.6 Å². The fraction of sp³-hybridized carbons (Fsp3) is 0.500. The van der Waals surface area contributed by atoms with Gasteiger partial charge >= 0.3 is 0 Å². The SMILES string of the molecule is CCOc1ccccc1N1CCN(c2nc(C)c(C(=O)NCCOC)s2)CC1. The molecular weight excluding hydrogens is 376 g/mol. The predicted octanol–water partition coefficient (Wildman–Crippen LogP) is 2.55. The summed E-state index contributed by atoms with van der Waals surface area (Å²) in [6.07, 6.45) is 0. The van der Waals surface area contributed by atoms with Crippen LogP contribution < -0.4 is 19.9 Å². The molecule has 0 bridgehead atoms. The number of piperazine rings is 1. The molecule has 1 aromatic heterocycles. The zero-order chi connectivity index (χ0) is 19.9. The minimum atomic E-state index is -0.0809. The number of carbonyl (C=O) groups is 1. The molecule has 3 rings (SSSR count). The molecular formula is C20H28N4O3S. The number of aryl methyl sites for hydroxylation is 1. The summed E-state index contributed by atoms with van der Waals surface area (Å²) in [5, 5.41) is 3.78. The van der Waals surface area contributed by atoms with Crippen LogP contribution in [0.25, 0.3) is 0 Å². The lowest BCUT2D eigenvalue weighted by molar-refractivity contribution is 0.0940. The molecule has 1 amide bonds. The number of nitrogens with zero attached hydrogens (tertiary/aromatic N) is 3. The minimum Gasteiger partial charge on any atom is -0.492 e. The fourth-order valence-corrected chi connectivity index (χ4v) is 4.24. The zero-order valence-electron chi connectivity index (χ0n) is 16.7. The van der Waals surface area contributed by atoms with Gasteiger partial charge in [0.25, 0.3) is 5.91 Å². The molecule has 0 radical (unpaired) electrons. The second-order valence-electron chi connectivity index (χ2n) is 6.53. The molecule has 0 spiro atoms. The van der Waals surface area contributed by atoms with E-state index in [1.165, 1.54) is 11.3 Å². The third kappa shape index (κ3) is 4.74. The predicted molar refractivity (Wildman–Crippen MR) is 113 cm³/mol. The number of para-hydroxylation sites is 2. The van der Waals surface area contributed by atoms with Crippen molar-refractivity contribution < 1.29 is 14.3 Å². The van der Waals surface area contributed by atoms with Crippen LogP contribution in [-0.4, -0.2) is 63.9 Å². The Morgan fingerprint density at radius 3 is 2.64 bits per heavy atom. The van der Waals surface area contributed by atoms with Crippen molar-refractivity contribution in [2.75, 3.05) is 62.8 Å². The van der Waals surface area contributed by atoms with E-state index in [2.05, 4.69) is 26.2 Å². The first kappa shape index (κ1) is 20.4. The number of rotatable bonds is 8. The normalized spacial score (nSPS) is 14.2. The highest BCUT2D eigenvalue weighted by molar-refractivity contribution is 7.17. The summed E-state index contributed by atoms with van der Waals surface area (Å²) in [5.74, 6) is 0.848. The second kappa shape index (κ2) is 9.75. The van der Waals surface area contributed by atoms with E-state index in [1.54, 1.807) is 7.11 Å². The van der Waals surface area contributed by atoms with Gasteiger partial charge in [-0.25, -0.2) is 4.98 Å². The number of aromatic nitrogens is 1. The topological polar surface area (TPSA) is 66.9 Å². The number of hydrogen-bond acceptors (Lipinski definition) is 7. The quantitative estimate of drug-likeness (QED) is 0.682. The van der Waals surface area contributed by atoms with Crippen LogP contribution in [0, 0.1) is 6.92 Å². The molecule has 1 aliphatic heterocycles. The summed E-state index contributed by atoms with van der Waals surface area (Å²) in [7, 11) is 1.62. The van der Waals surface area contributed by atoms with E-state index >= 15 is 0 Å². The van der Waals surface area contributed by atoms with Crippen molar-refractivity contribution in [3.05, 3.63) is 34.8 Å². The Balaban J connectivity index is 1.62. The molecule has 7 nitrogen and oxygen atoms in total. The molecule has 28 heavy (non-hydrogen) atoms. The monoisotopic (exact) mass is 404 g/mol. The number of nitrogens with one attached hydrogen (secondary N) is 1. The van der Waals surface area contributed by atoms with Crippen molar-refractivity contribution in [2.24, 2.45) is 0 Å².